The van der Waals surface area contributed by atoms with E-state index in [0.29, 0.717) is 0 Å². The molecule has 1 N–H and O–H groups in total. The van der Waals surface area contributed by atoms with E-state index in [4.69, 9.17) is 4.74 Å². The van der Waals surface area contributed by atoms with E-state index in [0.717, 1.165) is 18.8 Å². The number of aryl methyl sites for hydroxylation is 1. The zero-order valence-electron chi connectivity index (χ0n) is 10.7. The van der Waals surface area contributed by atoms with Crippen LogP contribution in [0.3, 0.4) is 0 Å². The van der Waals surface area contributed by atoms with E-state index in [9.17, 15) is 0 Å². The van der Waals surface area contributed by atoms with Gasteiger partial charge in [-0.15, -0.1) is 0 Å². The van der Waals surface area contributed by atoms with E-state index in [1.807, 2.05) is 12.1 Å². The Morgan fingerprint density at radius 3 is 2.39 bits per heavy atom. The number of hydrogen-bond acceptors (Lipinski definition) is 2. The zero-order valence-corrected chi connectivity index (χ0v) is 11.4. The van der Waals surface area contributed by atoms with E-state index in [-0.39, 0.29) is 12.4 Å². The molecule has 98 valence electrons. The van der Waals surface area contributed by atoms with Gasteiger partial charge in [0, 0.05) is 32.0 Å². The molecule has 18 heavy (non-hydrogen) atoms. The second-order valence-electron chi connectivity index (χ2n) is 4.06. The first-order chi connectivity index (χ1) is 8.29. The summed E-state index contributed by atoms with van der Waals surface area (Å²) in [7, 11) is 3.74. The lowest BCUT2D eigenvalue weighted by molar-refractivity contribution is -0.00000390. The van der Waals surface area contributed by atoms with Gasteiger partial charge in [-0.1, -0.05) is 12.1 Å². The molecule has 0 aliphatic rings. The molecule has 1 aromatic carbocycles. The van der Waals surface area contributed by atoms with Gasteiger partial charge in [0.2, 0.25) is 0 Å². The Morgan fingerprint density at radius 1 is 1.11 bits per heavy atom. The third kappa shape index (κ3) is 3.79. The predicted molar refractivity (Wildman–Crippen MR) is 69.0 cm³/mol. The summed E-state index contributed by atoms with van der Waals surface area (Å²) >= 11 is 0. The smallest absolute Gasteiger partial charge is 0.118 e. The topological polar surface area (TPSA) is 26.2 Å². The predicted octanol–water partition coefficient (Wildman–Crippen LogP) is -0.672. The minimum absolute atomic E-state index is 0. The number of hydrogen-bond donors (Lipinski definition) is 1. The molecule has 0 aliphatic heterocycles. The monoisotopic (exact) mass is 265 g/mol. The van der Waals surface area contributed by atoms with Crippen LogP contribution in [0.4, 0.5) is 0 Å². The van der Waals surface area contributed by atoms with Gasteiger partial charge >= 0.3 is 0 Å². The Morgan fingerprint density at radius 2 is 1.83 bits per heavy atom. The molecule has 1 heterocycles. The van der Waals surface area contributed by atoms with Gasteiger partial charge in [0.15, 0.2) is 0 Å². The number of benzene rings is 1. The summed E-state index contributed by atoms with van der Waals surface area (Å²) in [5.41, 5.74) is 2.55. The molecule has 0 radical (unpaired) electrons. The Balaban J connectivity index is 0.00000162. The molecule has 0 aliphatic carbocycles. The lowest BCUT2D eigenvalue weighted by Crippen LogP contribution is -3.00. The van der Waals surface area contributed by atoms with Crippen LogP contribution in [0.1, 0.15) is 11.3 Å². The number of methoxy groups -OCH3 is 1. The molecule has 0 bridgehead atoms. The van der Waals surface area contributed by atoms with Crippen LogP contribution in [0.2, 0.25) is 0 Å². The number of ether oxygens (including phenoxy) is 1. The van der Waals surface area contributed by atoms with E-state index < -0.39 is 0 Å². The molecule has 0 amide bonds. The van der Waals surface area contributed by atoms with Crippen molar-refractivity contribution < 1.29 is 17.1 Å². The highest BCUT2D eigenvalue weighted by Crippen LogP contribution is 2.11. The number of halogens is 1. The van der Waals surface area contributed by atoms with Crippen LogP contribution in [-0.2, 0) is 20.1 Å². The zero-order chi connectivity index (χ0) is 12.1. The number of aromatic nitrogens is 1. The highest BCUT2D eigenvalue weighted by molar-refractivity contribution is 5.27. The van der Waals surface area contributed by atoms with Crippen LogP contribution in [0.5, 0.6) is 5.75 Å². The molecule has 0 fully saturated rings. The first-order valence-electron chi connectivity index (χ1n) is 5.73. The summed E-state index contributed by atoms with van der Waals surface area (Å²) in [6.07, 6.45) is 2.06. The van der Waals surface area contributed by atoms with Crippen LogP contribution in [0.15, 0.2) is 42.6 Å². The van der Waals surface area contributed by atoms with Crippen LogP contribution in [0, 0.1) is 0 Å². The largest absolute Gasteiger partial charge is 1.00 e. The van der Waals surface area contributed by atoms with E-state index >= 15 is 0 Å². The van der Waals surface area contributed by atoms with Crippen molar-refractivity contribution in [3.05, 3.63) is 53.9 Å². The van der Waals surface area contributed by atoms with E-state index in [1.54, 1.807) is 7.11 Å². The third-order valence-corrected chi connectivity index (χ3v) is 2.85. The van der Waals surface area contributed by atoms with Crippen LogP contribution < -0.4 is 22.5 Å². The molecule has 0 atom stereocenters. The van der Waals surface area contributed by atoms with Crippen molar-refractivity contribution in [1.29, 1.82) is 0 Å². The molecule has 3 nitrogen and oxygen atoms in total. The normalized spacial score (nSPS) is 9.89. The minimum Gasteiger partial charge on any atom is -1.00 e. The maximum absolute atomic E-state index is 5.12. The van der Waals surface area contributed by atoms with Crippen molar-refractivity contribution in [2.75, 3.05) is 7.11 Å². The highest BCUT2D eigenvalue weighted by Gasteiger charge is 1.97. The molecule has 0 saturated heterocycles. The van der Waals surface area contributed by atoms with Gasteiger partial charge in [-0.2, -0.15) is 0 Å². The van der Waals surface area contributed by atoms with Crippen LogP contribution in [0.25, 0.3) is 0 Å². The van der Waals surface area contributed by atoms with Crippen molar-refractivity contribution in [3.63, 3.8) is 0 Å². The van der Waals surface area contributed by atoms with Crippen LogP contribution >= 0.6 is 0 Å². The standard InChI is InChI=1S/C14H18N2O.ClH/c1-16-9-3-4-13(16)11-15-10-12-5-7-14(17-2)8-6-12;/h3-9,15H,10-11H2,1-2H3;1H/p-1. The molecular formula is C14H18ClN2O-. The average molecular weight is 266 g/mol. The van der Waals surface area contributed by atoms with Crippen molar-refractivity contribution in [3.8, 4) is 5.75 Å². The summed E-state index contributed by atoms with van der Waals surface area (Å²) in [6.45, 7) is 1.75. The number of nitrogens with zero attached hydrogens (tertiary/aromatic N) is 1. The van der Waals surface area contributed by atoms with Gasteiger partial charge in [-0.25, -0.2) is 0 Å². The van der Waals surface area contributed by atoms with E-state index in [1.165, 1.54) is 11.3 Å². The second-order valence-corrected chi connectivity index (χ2v) is 4.06. The first kappa shape index (κ1) is 14.6. The fourth-order valence-corrected chi connectivity index (χ4v) is 1.76. The molecule has 2 aromatic rings. The van der Waals surface area contributed by atoms with Gasteiger partial charge in [-0.3, -0.25) is 0 Å². The fourth-order valence-electron chi connectivity index (χ4n) is 1.76. The quantitative estimate of drug-likeness (QED) is 0.776. The van der Waals surface area contributed by atoms with Gasteiger partial charge in [-0.05, 0) is 29.8 Å². The summed E-state index contributed by atoms with van der Waals surface area (Å²) < 4.78 is 7.25. The van der Waals surface area contributed by atoms with Crippen molar-refractivity contribution in [2.45, 2.75) is 13.1 Å². The number of nitrogens with one attached hydrogen (secondary N) is 1. The summed E-state index contributed by atoms with van der Waals surface area (Å²) in [5, 5.41) is 3.42. The van der Waals surface area contributed by atoms with Crippen molar-refractivity contribution >= 4 is 0 Å². The SMILES string of the molecule is COc1ccc(CNCc2cccn2C)cc1.[Cl-]. The molecular weight excluding hydrogens is 248 g/mol. The maximum Gasteiger partial charge on any atom is 0.118 e. The maximum atomic E-state index is 5.12. The average Bonchev–Trinajstić information content (AvgIpc) is 2.76. The Kier molecular flexibility index (Phi) is 5.75. The lowest BCUT2D eigenvalue weighted by Gasteiger charge is -2.07. The third-order valence-electron chi connectivity index (χ3n) is 2.85. The molecule has 2 rings (SSSR count). The Labute approximate surface area is 114 Å². The van der Waals surface area contributed by atoms with Gasteiger partial charge in [0.1, 0.15) is 5.75 Å². The van der Waals surface area contributed by atoms with Gasteiger partial charge in [0.25, 0.3) is 0 Å². The lowest BCUT2D eigenvalue weighted by atomic mass is 10.2. The van der Waals surface area contributed by atoms with E-state index in [2.05, 4.69) is 47.4 Å². The second kappa shape index (κ2) is 7.09. The molecule has 1 aromatic heterocycles. The minimum atomic E-state index is 0. The summed E-state index contributed by atoms with van der Waals surface area (Å²) in [6, 6.07) is 12.3. The van der Waals surface area contributed by atoms with Crippen molar-refractivity contribution in [2.24, 2.45) is 7.05 Å². The molecule has 0 unspecified atom stereocenters. The Hall–Kier alpha value is -1.45. The molecule has 0 spiro atoms. The Bertz CT molecular complexity index is 465. The number of rotatable bonds is 5. The molecule has 0 saturated carbocycles. The van der Waals surface area contributed by atoms with Crippen LogP contribution in [-0.4, -0.2) is 11.7 Å². The van der Waals surface area contributed by atoms with Gasteiger partial charge in [0.05, 0.1) is 7.11 Å². The highest BCUT2D eigenvalue weighted by atomic mass is 35.5. The molecule has 4 heteroatoms. The van der Waals surface area contributed by atoms with Crippen molar-refractivity contribution in [1.82, 2.24) is 9.88 Å². The fraction of sp³-hybridized carbons (Fsp3) is 0.286. The van der Waals surface area contributed by atoms with Gasteiger partial charge < -0.3 is 27.0 Å². The first-order valence-corrected chi connectivity index (χ1v) is 5.73. The summed E-state index contributed by atoms with van der Waals surface area (Å²) in [5.74, 6) is 0.899. The summed E-state index contributed by atoms with van der Waals surface area (Å²) in [4.78, 5) is 0.